The third kappa shape index (κ3) is 3.09. The van der Waals surface area contributed by atoms with Gasteiger partial charge in [0.05, 0.1) is 12.4 Å². The van der Waals surface area contributed by atoms with E-state index in [1.54, 1.807) is 0 Å². The van der Waals surface area contributed by atoms with E-state index in [2.05, 4.69) is 0 Å². The fraction of sp³-hybridized carbons (Fsp3) is 0.625. The van der Waals surface area contributed by atoms with Crippen LogP contribution in [-0.2, 0) is 9.59 Å². The number of rotatable bonds is 3. The molecule has 0 aromatic rings. The van der Waals surface area contributed by atoms with Gasteiger partial charge < -0.3 is 10.0 Å². The Bertz CT molecular complexity index is 294. The number of hydrogen-bond donors (Lipinski definition) is 1. The van der Waals surface area contributed by atoms with Crippen LogP contribution >= 0.6 is 11.6 Å². The highest BCUT2D eigenvalue weighted by molar-refractivity contribution is 6.28. The zero-order valence-corrected chi connectivity index (χ0v) is 8.74. The van der Waals surface area contributed by atoms with Crippen molar-refractivity contribution in [3.63, 3.8) is 0 Å². The van der Waals surface area contributed by atoms with E-state index < -0.39 is 6.09 Å². The summed E-state index contributed by atoms with van der Waals surface area (Å²) in [6.45, 7) is 0.255. The van der Waals surface area contributed by atoms with Crippen molar-refractivity contribution in [1.82, 2.24) is 9.80 Å². The highest BCUT2D eigenvalue weighted by atomic mass is 35.5. The predicted molar refractivity (Wildman–Crippen MR) is 51.9 cm³/mol. The van der Waals surface area contributed by atoms with Crippen LogP contribution in [0.25, 0.3) is 0 Å². The summed E-state index contributed by atoms with van der Waals surface area (Å²) in [7, 11) is 0. The summed E-state index contributed by atoms with van der Waals surface area (Å²) in [6.07, 6.45) is -1.12. The zero-order chi connectivity index (χ0) is 11.4. The molecule has 6 nitrogen and oxygen atoms in total. The molecule has 0 saturated carbocycles. The van der Waals surface area contributed by atoms with Crippen LogP contribution in [0.15, 0.2) is 0 Å². The summed E-state index contributed by atoms with van der Waals surface area (Å²) in [5.74, 6) is -0.734. The Balaban J connectivity index is 2.49. The van der Waals surface area contributed by atoms with Crippen LogP contribution in [0.1, 0.15) is 0 Å². The molecule has 1 heterocycles. The number of alkyl halides is 1. The number of amides is 2. The van der Waals surface area contributed by atoms with Crippen LogP contribution in [0.2, 0.25) is 0 Å². The number of Topliss-reactive ketones (excluding diaryl/α,β-unsaturated/α-hetero) is 1. The van der Waals surface area contributed by atoms with Crippen LogP contribution < -0.4 is 0 Å². The maximum Gasteiger partial charge on any atom is 0.407 e. The van der Waals surface area contributed by atoms with E-state index in [-0.39, 0.29) is 43.7 Å². The molecule has 0 atom stereocenters. The van der Waals surface area contributed by atoms with Crippen molar-refractivity contribution in [3.8, 4) is 0 Å². The molecule has 7 heteroatoms. The average molecular weight is 235 g/mol. The summed E-state index contributed by atoms with van der Waals surface area (Å²) < 4.78 is 0. The minimum Gasteiger partial charge on any atom is -0.465 e. The summed E-state index contributed by atoms with van der Waals surface area (Å²) in [5.41, 5.74) is 0. The Morgan fingerprint density at radius 3 is 2.53 bits per heavy atom. The molecule has 1 fully saturated rings. The van der Waals surface area contributed by atoms with Crippen molar-refractivity contribution >= 4 is 29.4 Å². The first kappa shape index (κ1) is 11.8. The number of carbonyl (C=O) groups is 3. The van der Waals surface area contributed by atoms with Gasteiger partial charge in [-0.2, -0.15) is 0 Å². The minimum atomic E-state index is -1.12. The lowest BCUT2D eigenvalue weighted by Gasteiger charge is -2.32. The van der Waals surface area contributed by atoms with Crippen LogP contribution in [0.5, 0.6) is 0 Å². The quantitative estimate of drug-likeness (QED) is 0.675. The lowest BCUT2D eigenvalue weighted by molar-refractivity contribution is -0.138. The van der Waals surface area contributed by atoms with Gasteiger partial charge in [-0.15, -0.1) is 11.6 Å². The molecule has 0 spiro atoms. The number of carbonyl (C=O) groups excluding carboxylic acids is 2. The molecule has 0 aliphatic carbocycles. The Kier molecular flexibility index (Phi) is 3.90. The van der Waals surface area contributed by atoms with Gasteiger partial charge in [0.25, 0.3) is 0 Å². The van der Waals surface area contributed by atoms with E-state index in [4.69, 9.17) is 16.7 Å². The number of nitrogens with zero attached hydrogens (tertiary/aromatic N) is 2. The number of ketones is 1. The van der Waals surface area contributed by atoms with Crippen LogP contribution in [0, 0.1) is 0 Å². The fourth-order valence-corrected chi connectivity index (χ4v) is 1.38. The summed E-state index contributed by atoms with van der Waals surface area (Å²) >= 11 is 5.31. The van der Waals surface area contributed by atoms with Crippen molar-refractivity contribution in [3.05, 3.63) is 0 Å². The Morgan fingerprint density at radius 1 is 1.40 bits per heavy atom. The number of piperazine rings is 1. The number of hydrogen-bond acceptors (Lipinski definition) is 3. The monoisotopic (exact) mass is 234 g/mol. The maximum absolute atomic E-state index is 11.4. The first-order valence-corrected chi connectivity index (χ1v) is 4.91. The van der Waals surface area contributed by atoms with Gasteiger partial charge >= 0.3 is 6.09 Å². The first-order chi connectivity index (χ1) is 7.04. The largest absolute Gasteiger partial charge is 0.465 e. The molecule has 1 aliphatic rings. The SMILES string of the molecule is O=C(CCl)CN1CCN(C(=O)O)CC1=O. The second-order valence-electron chi connectivity index (χ2n) is 3.19. The maximum atomic E-state index is 11.4. The average Bonchev–Trinajstić information content (AvgIpc) is 2.20. The second-order valence-corrected chi connectivity index (χ2v) is 3.46. The molecule has 1 aliphatic heterocycles. The molecule has 84 valence electrons. The van der Waals surface area contributed by atoms with Crippen molar-refractivity contribution < 1.29 is 19.5 Å². The molecular weight excluding hydrogens is 224 g/mol. The molecule has 2 amide bonds. The zero-order valence-electron chi connectivity index (χ0n) is 7.98. The molecule has 0 aromatic carbocycles. The van der Waals surface area contributed by atoms with E-state index in [0.29, 0.717) is 0 Å². The van der Waals surface area contributed by atoms with Crippen molar-refractivity contribution in [2.45, 2.75) is 0 Å². The Hall–Kier alpha value is -1.30. The van der Waals surface area contributed by atoms with Crippen molar-refractivity contribution in [1.29, 1.82) is 0 Å². The summed E-state index contributed by atoms with van der Waals surface area (Å²) in [4.78, 5) is 35.3. The molecule has 1 N–H and O–H groups in total. The van der Waals surface area contributed by atoms with Gasteiger partial charge in [0.15, 0.2) is 5.78 Å². The van der Waals surface area contributed by atoms with Gasteiger partial charge in [0.2, 0.25) is 5.91 Å². The topological polar surface area (TPSA) is 77.9 Å². The smallest absolute Gasteiger partial charge is 0.407 e. The third-order valence-electron chi connectivity index (χ3n) is 2.11. The Morgan fingerprint density at radius 2 is 2.07 bits per heavy atom. The Labute approximate surface area is 91.4 Å². The normalized spacial score (nSPS) is 16.7. The van der Waals surface area contributed by atoms with Gasteiger partial charge in [-0.05, 0) is 0 Å². The predicted octanol–water partition coefficient (Wildman–Crippen LogP) is -0.383. The van der Waals surface area contributed by atoms with Gasteiger partial charge in [-0.3, -0.25) is 14.5 Å². The minimum absolute atomic E-state index is 0.0320. The van der Waals surface area contributed by atoms with Gasteiger partial charge in [0, 0.05) is 13.1 Å². The third-order valence-corrected chi connectivity index (χ3v) is 2.40. The summed E-state index contributed by atoms with van der Waals surface area (Å²) in [6, 6.07) is 0. The van der Waals surface area contributed by atoms with E-state index in [1.807, 2.05) is 0 Å². The highest BCUT2D eigenvalue weighted by Gasteiger charge is 2.27. The van der Waals surface area contributed by atoms with Crippen LogP contribution in [0.3, 0.4) is 0 Å². The lowest BCUT2D eigenvalue weighted by Crippen LogP contribution is -2.53. The molecule has 0 bridgehead atoms. The van der Waals surface area contributed by atoms with Crippen LogP contribution in [0.4, 0.5) is 4.79 Å². The lowest BCUT2D eigenvalue weighted by atomic mass is 10.3. The van der Waals surface area contributed by atoms with Gasteiger partial charge in [-0.25, -0.2) is 4.79 Å². The van der Waals surface area contributed by atoms with E-state index in [0.717, 1.165) is 4.90 Å². The molecule has 1 saturated heterocycles. The molecule has 0 radical (unpaired) electrons. The van der Waals surface area contributed by atoms with Crippen molar-refractivity contribution in [2.24, 2.45) is 0 Å². The number of carboxylic acid groups (broad SMARTS) is 1. The molecule has 0 unspecified atom stereocenters. The van der Waals surface area contributed by atoms with Crippen molar-refractivity contribution in [2.75, 3.05) is 32.1 Å². The van der Waals surface area contributed by atoms with Gasteiger partial charge in [-0.1, -0.05) is 0 Å². The number of halogens is 1. The molecule has 1 rings (SSSR count). The summed E-state index contributed by atoms with van der Waals surface area (Å²) in [5, 5.41) is 8.64. The standard InChI is InChI=1S/C8H11ClN2O4/c9-3-6(12)4-10-1-2-11(8(14)15)5-7(10)13/h1-5H2,(H,14,15). The molecular formula is C8H11ClN2O4. The first-order valence-electron chi connectivity index (χ1n) is 4.38. The van der Waals surface area contributed by atoms with E-state index >= 15 is 0 Å². The molecule has 0 aromatic heterocycles. The molecule has 15 heavy (non-hydrogen) atoms. The fourth-order valence-electron chi connectivity index (χ4n) is 1.29. The van der Waals surface area contributed by atoms with E-state index in [1.165, 1.54) is 4.90 Å². The highest BCUT2D eigenvalue weighted by Crippen LogP contribution is 2.03. The van der Waals surface area contributed by atoms with E-state index in [9.17, 15) is 14.4 Å². The van der Waals surface area contributed by atoms with Gasteiger partial charge in [0.1, 0.15) is 6.54 Å². The second kappa shape index (κ2) is 4.97. The van der Waals surface area contributed by atoms with Crippen LogP contribution in [-0.4, -0.2) is 64.7 Å².